The fraction of sp³-hybridized carbons (Fsp3) is 0.238. The molecular formula is C21H20N2O5S. The number of benzene rings is 2. The summed E-state index contributed by atoms with van der Waals surface area (Å²) in [5.74, 6) is -1.11. The van der Waals surface area contributed by atoms with Crippen LogP contribution >= 0.6 is 0 Å². The third-order valence-electron chi connectivity index (χ3n) is 4.99. The Morgan fingerprint density at radius 3 is 2.48 bits per heavy atom. The molecule has 1 fully saturated rings. The maximum Gasteiger partial charge on any atom is 0.355 e. The first-order valence-corrected chi connectivity index (χ1v) is 10.8. The van der Waals surface area contributed by atoms with Crippen molar-refractivity contribution >= 4 is 32.5 Å². The average molecular weight is 412 g/mol. The van der Waals surface area contributed by atoms with Gasteiger partial charge in [0.2, 0.25) is 10.0 Å². The Morgan fingerprint density at radius 2 is 1.72 bits per heavy atom. The standard InChI is InChI=1S/C21H20N2O5S/c24-20(17-8-7-15-5-1-2-6-16(15)11-17)14-28-21(25)19-12-18(13-22-19)29(26,27)23-9-3-4-10-23/h1-2,5-8,11-13,22H,3-4,9-10,14H2. The second-order valence-electron chi connectivity index (χ2n) is 6.92. The topological polar surface area (TPSA) is 96.5 Å². The Kier molecular flexibility index (Phi) is 5.21. The molecular weight excluding hydrogens is 392 g/mol. The van der Waals surface area contributed by atoms with Crippen LogP contribution in [0.5, 0.6) is 0 Å². The van der Waals surface area contributed by atoms with Crippen molar-refractivity contribution in [3.63, 3.8) is 0 Å². The lowest BCUT2D eigenvalue weighted by molar-refractivity contribution is 0.0469. The molecule has 0 spiro atoms. The third kappa shape index (κ3) is 3.94. The van der Waals surface area contributed by atoms with Gasteiger partial charge in [0.05, 0.1) is 0 Å². The number of aromatic amines is 1. The number of Topliss-reactive ketones (excluding diaryl/α,β-unsaturated/α-hetero) is 1. The minimum atomic E-state index is -3.62. The molecule has 2 aromatic carbocycles. The number of H-pyrrole nitrogens is 1. The van der Waals surface area contributed by atoms with Crippen molar-refractivity contribution in [3.05, 3.63) is 66.0 Å². The number of rotatable bonds is 6. The smallest absolute Gasteiger partial charge is 0.355 e. The van der Waals surface area contributed by atoms with E-state index in [1.165, 1.54) is 16.6 Å². The summed E-state index contributed by atoms with van der Waals surface area (Å²) < 4.78 is 31.5. The van der Waals surface area contributed by atoms with Crippen molar-refractivity contribution in [2.24, 2.45) is 0 Å². The molecule has 0 unspecified atom stereocenters. The highest BCUT2D eigenvalue weighted by Crippen LogP contribution is 2.22. The predicted octanol–water partition coefficient (Wildman–Crippen LogP) is 2.99. The molecule has 150 valence electrons. The van der Waals surface area contributed by atoms with Gasteiger partial charge in [-0.3, -0.25) is 4.79 Å². The van der Waals surface area contributed by atoms with E-state index in [1.807, 2.05) is 30.3 Å². The van der Waals surface area contributed by atoms with E-state index in [1.54, 1.807) is 12.1 Å². The summed E-state index contributed by atoms with van der Waals surface area (Å²) in [6.45, 7) is 0.533. The number of ketones is 1. The summed E-state index contributed by atoms with van der Waals surface area (Å²) in [6.07, 6.45) is 2.93. The Labute approximate surface area is 168 Å². The molecule has 1 saturated heterocycles. The van der Waals surface area contributed by atoms with Gasteiger partial charge in [-0.1, -0.05) is 36.4 Å². The maximum atomic E-state index is 12.5. The van der Waals surface area contributed by atoms with Gasteiger partial charge < -0.3 is 9.72 Å². The lowest BCUT2D eigenvalue weighted by Gasteiger charge is -2.13. The van der Waals surface area contributed by atoms with Gasteiger partial charge in [-0.25, -0.2) is 13.2 Å². The normalized spacial score (nSPS) is 14.9. The van der Waals surface area contributed by atoms with Crippen LogP contribution in [0.3, 0.4) is 0 Å². The van der Waals surface area contributed by atoms with E-state index in [0.717, 1.165) is 23.6 Å². The molecule has 1 aliphatic heterocycles. The minimum Gasteiger partial charge on any atom is -0.453 e. The Hall–Kier alpha value is -2.97. The molecule has 0 bridgehead atoms. The van der Waals surface area contributed by atoms with Crippen LogP contribution in [0.1, 0.15) is 33.7 Å². The SMILES string of the molecule is O=C(COC(=O)c1cc(S(=O)(=O)N2CCCC2)c[nH]1)c1ccc2ccccc2c1. The quantitative estimate of drug-likeness (QED) is 0.496. The molecule has 0 radical (unpaired) electrons. The predicted molar refractivity (Wildman–Crippen MR) is 107 cm³/mol. The fourth-order valence-electron chi connectivity index (χ4n) is 3.37. The number of fused-ring (bicyclic) bond motifs is 1. The second kappa shape index (κ2) is 7.81. The van der Waals surface area contributed by atoms with Crippen molar-refractivity contribution in [1.82, 2.24) is 9.29 Å². The molecule has 0 saturated carbocycles. The second-order valence-corrected chi connectivity index (χ2v) is 8.86. The molecule has 1 N–H and O–H groups in total. The minimum absolute atomic E-state index is 0.00548. The van der Waals surface area contributed by atoms with E-state index in [0.29, 0.717) is 18.7 Å². The fourth-order valence-corrected chi connectivity index (χ4v) is 4.89. The maximum absolute atomic E-state index is 12.5. The number of hydrogen-bond acceptors (Lipinski definition) is 5. The van der Waals surface area contributed by atoms with Crippen molar-refractivity contribution < 1.29 is 22.7 Å². The molecule has 4 rings (SSSR count). The summed E-state index contributed by atoms with van der Waals surface area (Å²) >= 11 is 0. The highest BCUT2D eigenvalue weighted by atomic mass is 32.2. The first-order valence-electron chi connectivity index (χ1n) is 9.33. The van der Waals surface area contributed by atoms with Crippen LogP contribution in [0.4, 0.5) is 0 Å². The van der Waals surface area contributed by atoms with Crippen LogP contribution in [0, 0.1) is 0 Å². The Morgan fingerprint density at radius 1 is 1.00 bits per heavy atom. The first kappa shape index (κ1) is 19.4. The van der Waals surface area contributed by atoms with Crippen LogP contribution in [-0.2, 0) is 14.8 Å². The van der Waals surface area contributed by atoms with Gasteiger partial charge in [0.1, 0.15) is 10.6 Å². The van der Waals surface area contributed by atoms with Crippen molar-refractivity contribution in [3.8, 4) is 0 Å². The molecule has 0 atom stereocenters. The molecule has 2 heterocycles. The van der Waals surface area contributed by atoms with Gasteiger partial charge >= 0.3 is 5.97 Å². The summed E-state index contributed by atoms with van der Waals surface area (Å²) in [4.78, 5) is 27.3. The summed E-state index contributed by atoms with van der Waals surface area (Å²) in [7, 11) is -3.62. The monoisotopic (exact) mass is 412 g/mol. The zero-order valence-corrected chi connectivity index (χ0v) is 16.4. The molecule has 1 aliphatic rings. The van der Waals surface area contributed by atoms with Crippen LogP contribution in [-0.4, -0.2) is 49.2 Å². The number of nitrogens with one attached hydrogen (secondary N) is 1. The summed E-state index contributed by atoms with van der Waals surface area (Å²) in [5.41, 5.74) is 0.439. The highest BCUT2D eigenvalue weighted by Gasteiger charge is 2.29. The number of ether oxygens (including phenoxy) is 1. The molecule has 29 heavy (non-hydrogen) atoms. The number of carbonyl (C=O) groups excluding carboxylic acids is 2. The number of nitrogens with zero attached hydrogens (tertiary/aromatic N) is 1. The average Bonchev–Trinajstić information content (AvgIpc) is 3.44. The first-order chi connectivity index (χ1) is 13.9. The van der Waals surface area contributed by atoms with E-state index in [2.05, 4.69) is 4.98 Å². The van der Waals surface area contributed by atoms with Crippen molar-refractivity contribution in [2.75, 3.05) is 19.7 Å². The van der Waals surface area contributed by atoms with Gasteiger partial charge in [0.15, 0.2) is 12.4 Å². The summed E-state index contributed by atoms with van der Waals surface area (Å²) in [6, 6.07) is 14.2. The van der Waals surface area contributed by atoms with Gasteiger partial charge in [0.25, 0.3) is 0 Å². The zero-order chi connectivity index (χ0) is 20.4. The number of sulfonamides is 1. The highest BCUT2D eigenvalue weighted by molar-refractivity contribution is 7.89. The number of aromatic nitrogens is 1. The lowest BCUT2D eigenvalue weighted by Crippen LogP contribution is -2.27. The van der Waals surface area contributed by atoms with E-state index in [9.17, 15) is 18.0 Å². The van der Waals surface area contributed by atoms with E-state index >= 15 is 0 Å². The number of hydrogen-bond donors (Lipinski definition) is 1. The Balaban J connectivity index is 1.41. The molecule has 8 heteroatoms. The third-order valence-corrected chi connectivity index (χ3v) is 6.86. The van der Waals surface area contributed by atoms with Crippen molar-refractivity contribution in [1.29, 1.82) is 0 Å². The number of esters is 1. The largest absolute Gasteiger partial charge is 0.453 e. The molecule has 3 aromatic rings. The van der Waals surface area contributed by atoms with Gasteiger partial charge in [-0.2, -0.15) is 4.31 Å². The molecule has 0 aliphatic carbocycles. The zero-order valence-electron chi connectivity index (χ0n) is 15.6. The number of carbonyl (C=O) groups is 2. The van der Waals surface area contributed by atoms with Crippen LogP contribution < -0.4 is 0 Å². The van der Waals surface area contributed by atoms with E-state index < -0.39 is 22.6 Å². The Bertz CT molecular complexity index is 1180. The van der Waals surface area contributed by atoms with Crippen LogP contribution in [0.25, 0.3) is 10.8 Å². The lowest BCUT2D eigenvalue weighted by atomic mass is 10.0. The van der Waals surface area contributed by atoms with E-state index in [-0.39, 0.29) is 16.4 Å². The molecule has 1 aromatic heterocycles. The molecule has 7 nitrogen and oxygen atoms in total. The van der Waals surface area contributed by atoms with Gasteiger partial charge in [-0.05, 0) is 35.7 Å². The van der Waals surface area contributed by atoms with Crippen LogP contribution in [0.2, 0.25) is 0 Å². The molecule has 0 amide bonds. The van der Waals surface area contributed by atoms with Gasteiger partial charge in [0, 0.05) is 24.8 Å². The van der Waals surface area contributed by atoms with Crippen molar-refractivity contribution in [2.45, 2.75) is 17.7 Å². The summed E-state index contributed by atoms with van der Waals surface area (Å²) in [5, 5.41) is 1.94. The van der Waals surface area contributed by atoms with E-state index in [4.69, 9.17) is 4.74 Å². The van der Waals surface area contributed by atoms with Gasteiger partial charge in [-0.15, -0.1) is 0 Å². The van der Waals surface area contributed by atoms with Crippen LogP contribution in [0.15, 0.2) is 59.6 Å².